The molecule has 0 unspecified atom stereocenters. The second-order valence-corrected chi connectivity index (χ2v) is 6.52. The van der Waals surface area contributed by atoms with Crippen molar-refractivity contribution >= 4 is 5.91 Å². The normalized spacial score (nSPS) is 16.5. The zero-order valence-electron chi connectivity index (χ0n) is 14.9. The van der Waals surface area contributed by atoms with Crippen molar-refractivity contribution in [3.05, 3.63) is 71.7 Å². The number of methoxy groups -OCH3 is 1. The van der Waals surface area contributed by atoms with Gasteiger partial charge in [-0.25, -0.2) is 4.39 Å². The molecule has 0 saturated carbocycles. The van der Waals surface area contributed by atoms with E-state index in [9.17, 15) is 9.18 Å². The molecule has 138 valence electrons. The van der Waals surface area contributed by atoms with Crippen LogP contribution in [0.2, 0.25) is 0 Å². The maximum absolute atomic E-state index is 13.6. The van der Waals surface area contributed by atoms with Gasteiger partial charge in [0.2, 0.25) is 5.76 Å². The van der Waals surface area contributed by atoms with Crippen molar-refractivity contribution < 1.29 is 18.4 Å². The van der Waals surface area contributed by atoms with Gasteiger partial charge in [-0.05, 0) is 42.7 Å². The number of carbonyl (C=O) groups is 1. The summed E-state index contributed by atoms with van der Waals surface area (Å²) in [7, 11) is 1.59. The fraction of sp³-hybridized carbons (Fsp3) is 0.238. The fourth-order valence-electron chi connectivity index (χ4n) is 3.51. The number of likely N-dealkylation sites (tertiary alicyclic amines) is 1. The van der Waals surface area contributed by atoms with E-state index >= 15 is 0 Å². The lowest BCUT2D eigenvalue weighted by Gasteiger charge is -2.23. The van der Waals surface area contributed by atoms with Gasteiger partial charge in [-0.1, -0.05) is 29.4 Å². The number of halogens is 1. The van der Waals surface area contributed by atoms with E-state index in [0.717, 1.165) is 24.0 Å². The van der Waals surface area contributed by atoms with Crippen LogP contribution in [0.1, 0.15) is 35.0 Å². The van der Waals surface area contributed by atoms with Gasteiger partial charge in [0.15, 0.2) is 0 Å². The first-order chi connectivity index (χ1) is 13.2. The molecule has 4 rings (SSSR count). The second kappa shape index (κ2) is 7.23. The number of rotatable bonds is 4. The molecule has 1 aromatic heterocycles. The van der Waals surface area contributed by atoms with Crippen LogP contribution in [0.25, 0.3) is 11.3 Å². The summed E-state index contributed by atoms with van der Waals surface area (Å²) < 4.78 is 24.1. The molecule has 1 fully saturated rings. The third-order valence-corrected chi connectivity index (χ3v) is 4.83. The Hall–Kier alpha value is -3.15. The average Bonchev–Trinajstić information content (AvgIpc) is 3.37. The van der Waals surface area contributed by atoms with Gasteiger partial charge in [0.05, 0.1) is 13.2 Å². The van der Waals surface area contributed by atoms with Crippen molar-refractivity contribution in [2.24, 2.45) is 0 Å². The first-order valence-electron chi connectivity index (χ1n) is 8.83. The van der Waals surface area contributed by atoms with E-state index < -0.39 is 0 Å². The molecule has 0 spiro atoms. The summed E-state index contributed by atoms with van der Waals surface area (Å²) in [6.45, 7) is 0.606. The van der Waals surface area contributed by atoms with Crippen LogP contribution in [0.3, 0.4) is 0 Å². The number of carbonyl (C=O) groups excluding carboxylic acids is 1. The number of hydrogen-bond donors (Lipinski definition) is 0. The summed E-state index contributed by atoms with van der Waals surface area (Å²) in [6.07, 6.45) is 1.66. The van der Waals surface area contributed by atoms with Gasteiger partial charge in [-0.3, -0.25) is 4.79 Å². The summed E-state index contributed by atoms with van der Waals surface area (Å²) >= 11 is 0. The third kappa shape index (κ3) is 3.43. The zero-order chi connectivity index (χ0) is 18.8. The average molecular weight is 366 g/mol. The highest BCUT2D eigenvalue weighted by molar-refractivity contribution is 5.93. The number of aromatic nitrogens is 1. The molecule has 3 aromatic rings. The highest BCUT2D eigenvalue weighted by Crippen LogP contribution is 2.34. The van der Waals surface area contributed by atoms with E-state index in [4.69, 9.17) is 9.26 Å². The molecule has 0 aliphatic carbocycles. The number of ether oxygens (including phenoxy) is 1. The molecule has 0 N–H and O–H groups in total. The maximum Gasteiger partial charge on any atom is 0.292 e. The highest BCUT2D eigenvalue weighted by Gasteiger charge is 2.32. The summed E-state index contributed by atoms with van der Waals surface area (Å²) in [5, 5.41) is 4.03. The van der Waals surface area contributed by atoms with Crippen LogP contribution < -0.4 is 4.74 Å². The smallest absolute Gasteiger partial charge is 0.292 e. The fourth-order valence-corrected chi connectivity index (χ4v) is 3.51. The van der Waals surface area contributed by atoms with Crippen LogP contribution in [0, 0.1) is 5.82 Å². The molecule has 2 aromatic carbocycles. The molecular weight excluding hydrogens is 347 g/mol. The van der Waals surface area contributed by atoms with Gasteiger partial charge in [-0.2, -0.15) is 0 Å². The molecule has 2 heterocycles. The zero-order valence-corrected chi connectivity index (χ0v) is 14.9. The van der Waals surface area contributed by atoms with Crippen LogP contribution in [0.15, 0.2) is 59.1 Å². The van der Waals surface area contributed by atoms with Crippen molar-refractivity contribution in [2.45, 2.75) is 18.9 Å². The molecule has 1 saturated heterocycles. The largest absolute Gasteiger partial charge is 0.497 e. The van der Waals surface area contributed by atoms with Crippen molar-refractivity contribution in [1.29, 1.82) is 0 Å². The third-order valence-electron chi connectivity index (χ3n) is 4.83. The Morgan fingerprint density at radius 1 is 1.22 bits per heavy atom. The second-order valence-electron chi connectivity index (χ2n) is 6.52. The molecule has 6 heteroatoms. The van der Waals surface area contributed by atoms with Crippen LogP contribution in [0.4, 0.5) is 4.39 Å². The Morgan fingerprint density at radius 2 is 2.07 bits per heavy atom. The summed E-state index contributed by atoms with van der Waals surface area (Å²) in [6, 6.07) is 15.3. The number of hydrogen-bond acceptors (Lipinski definition) is 4. The van der Waals surface area contributed by atoms with Crippen LogP contribution in [-0.4, -0.2) is 29.6 Å². The molecule has 1 amide bonds. The summed E-state index contributed by atoms with van der Waals surface area (Å²) in [4.78, 5) is 14.7. The topological polar surface area (TPSA) is 55.6 Å². The minimum Gasteiger partial charge on any atom is -0.497 e. The Labute approximate surface area is 156 Å². The van der Waals surface area contributed by atoms with Crippen molar-refractivity contribution in [1.82, 2.24) is 10.1 Å². The van der Waals surface area contributed by atoms with E-state index in [1.807, 2.05) is 30.3 Å². The lowest BCUT2D eigenvalue weighted by atomic mass is 10.0. The maximum atomic E-state index is 13.6. The van der Waals surface area contributed by atoms with E-state index in [1.165, 1.54) is 12.1 Å². The van der Waals surface area contributed by atoms with Crippen molar-refractivity contribution in [2.75, 3.05) is 13.7 Å². The molecule has 0 bridgehead atoms. The van der Waals surface area contributed by atoms with Gasteiger partial charge in [0.1, 0.15) is 17.3 Å². The van der Waals surface area contributed by atoms with E-state index in [1.54, 1.807) is 24.1 Å². The van der Waals surface area contributed by atoms with Gasteiger partial charge >= 0.3 is 0 Å². The molecule has 1 atom stereocenters. The van der Waals surface area contributed by atoms with E-state index in [-0.39, 0.29) is 23.5 Å². The van der Waals surface area contributed by atoms with E-state index in [0.29, 0.717) is 18.0 Å². The van der Waals surface area contributed by atoms with Gasteiger partial charge in [0, 0.05) is 18.2 Å². The molecule has 27 heavy (non-hydrogen) atoms. The predicted octanol–water partition coefficient (Wildman–Crippen LogP) is 4.47. The molecular formula is C21H19FN2O3. The Balaban J connectivity index is 1.58. The minimum absolute atomic E-state index is 0.154. The van der Waals surface area contributed by atoms with Crippen LogP contribution in [0.5, 0.6) is 5.75 Å². The Bertz CT molecular complexity index is 969. The monoisotopic (exact) mass is 366 g/mol. The van der Waals surface area contributed by atoms with Crippen LogP contribution in [-0.2, 0) is 0 Å². The van der Waals surface area contributed by atoms with Crippen LogP contribution >= 0.6 is 0 Å². The lowest BCUT2D eigenvalue weighted by Crippen LogP contribution is -2.30. The van der Waals surface area contributed by atoms with Gasteiger partial charge in [-0.15, -0.1) is 0 Å². The van der Waals surface area contributed by atoms with E-state index in [2.05, 4.69) is 5.16 Å². The van der Waals surface area contributed by atoms with Crippen molar-refractivity contribution in [3.8, 4) is 17.0 Å². The predicted molar refractivity (Wildman–Crippen MR) is 97.9 cm³/mol. The SMILES string of the molecule is COc1cccc(-c2cc(C(=O)N3CCC[C@H]3c3cccc(F)c3)on2)c1. The van der Waals surface area contributed by atoms with Gasteiger partial charge < -0.3 is 14.2 Å². The number of benzene rings is 2. The lowest BCUT2D eigenvalue weighted by molar-refractivity contribution is 0.0693. The minimum atomic E-state index is -0.299. The summed E-state index contributed by atoms with van der Waals surface area (Å²) in [5.74, 6) is 0.348. The molecule has 5 nitrogen and oxygen atoms in total. The Kier molecular flexibility index (Phi) is 4.62. The molecule has 1 aliphatic rings. The first-order valence-corrected chi connectivity index (χ1v) is 8.83. The number of amides is 1. The molecule has 1 aliphatic heterocycles. The number of nitrogens with zero attached hydrogens (tertiary/aromatic N) is 2. The standard InChI is InChI=1S/C21H19FN2O3/c1-26-17-8-3-5-14(12-17)18-13-20(27-23-18)21(25)24-10-4-9-19(24)15-6-2-7-16(22)11-15/h2-3,5-8,11-13,19H,4,9-10H2,1H3/t19-/m0/s1. The Morgan fingerprint density at radius 3 is 2.89 bits per heavy atom. The quantitative estimate of drug-likeness (QED) is 0.684. The first kappa shape index (κ1) is 17.3. The highest BCUT2D eigenvalue weighted by atomic mass is 19.1. The summed E-state index contributed by atoms with van der Waals surface area (Å²) in [5.41, 5.74) is 2.17. The van der Waals surface area contributed by atoms with Crippen molar-refractivity contribution in [3.63, 3.8) is 0 Å². The van der Waals surface area contributed by atoms with Gasteiger partial charge in [0.25, 0.3) is 5.91 Å². The molecule has 0 radical (unpaired) electrons.